The highest BCUT2D eigenvalue weighted by Gasteiger charge is 2.16. The Morgan fingerprint density at radius 1 is 1.12 bits per heavy atom. The van der Waals surface area contributed by atoms with Gasteiger partial charge < -0.3 is 15.1 Å². The number of para-hydroxylation sites is 1. The van der Waals surface area contributed by atoms with E-state index in [1.807, 2.05) is 37.3 Å². The topological polar surface area (TPSA) is 71.3 Å². The van der Waals surface area contributed by atoms with E-state index in [9.17, 15) is 9.59 Å². The average molecular weight is 391 g/mol. The molecule has 2 N–H and O–H groups in total. The van der Waals surface area contributed by atoms with Crippen molar-refractivity contribution in [2.45, 2.75) is 13.0 Å². The Balaban J connectivity index is 1.57. The van der Waals surface area contributed by atoms with Gasteiger partial charge in [-0.3, -0.25) is 9.59 Å². The smallest absolute Gasteiger partial charge is 0.253 e. The van der Waals surface area contributed by atoms with Gasteiger partial charge in [0, 0.05) is 10.4 Å². The van der Waals surface area contributed by atoms with E-state index in [0.29, 0.717) is 10.8 Å². The van der Waals surface area contributed by atoms with Crippen molar-refractivity contribution < 1.29 is 14.0 Å². The molecule has 134 valence electrons. The molecule has 0 fully saturated rings. The Hall–Kier alpha value is -2.50. The molecule has 0 aliphatic heterocycles. The molecule has 1 heterocycles. The number of amides is 2. The summed E-state index contributed by atoms with van der Waals surface area (Å²) < 4.78 is 5.72. The number of carbonyl (C=O) groups excluding carboxylic acids is 2. The number of carbonyl (C=O) groups is 2. The van der Waals surface area contributed by atoms with Crippen LogP contribution in [0.25, 0.3) is 11.0 Å². The van der Waals surface area contributed by atoms with Crippen LogP contribution in [0.4, 0.5) is 0 Å². The van der Waals surface area contributed by atoms with Crippen LogP contribution >= 0.6 is 23.2 Å². The lowest BCUT2D eigenvalue weighted by atomic mass is 10.2. The Bertz CT molecular complexity index is 935. The fourth-order valence-electron chi connectivity index (χ4n) is 2.51. The van der Waals surface area contributed by atoms with Crippen molar-refractivity contribution in [3.05, 3.63) is 69.9 Å². The van der Waals surface area contributed by atoms with Crippen molar-refractivity contribution in [2.75, 3.05) is 6.54 Å². The minimum absolute atomic E-state index is 0.178. The summed E-state index contributed by atoms with van der Waals surface area (Å²) in [5.74, 6) is -0.138. The molecule has 0 bridgehead atoms. The number of benzene rings is 2. The fourth-order valence-corrected chi connectivity index (χ4v) is 3.00. The van der Waals surface area contributed by atoms with E-state index in [-0.39, 0.29) is 29.1 Å². The number of nitrogens with one attached hydrogen (secondary N) is 2. The van der Waals surface area contributed by atoms with Crippen molar-refractivity contribution in [2.24, 2.45) is 0 Å². The Labute approximate surface area is 160 Å². The lowest BCUT2D eigenvalue weighted by molar-refractivity contribution is -0.120. The summed E-state index contributed by atoms with van der Waals surface area (Å²) in [6.45, 7) is 1.63. The van der Waals surface area contributed by atoms with E-state index >= 15 is 0 Å². The Morgan fingerprint density at radius 2 is 1.88 bits per heavy atom. The largest absolute Gasteiger partial charge is 0.459 e. The first-order valence-corrected chi connectivity index (χ1v) is 8.70. The molecule has 2 amide bonds. The van der Waals surface area contributed by atoms with E-state index in [1.54, 1.807) is 6.07 Å². The molecule has 7 heteroatoms. The summed E-state index contributed by atoms with van der Waals surface area (Å²) in [6, 6.07) is 13.7. The van der Waals surface area contributed by atoms with Gasteiger partial charge >= 0.3 is 0 Å². The maximum atomic E-state index is 12.1. The Kier molecular flexibility index (Phi) is 5.49. The third kappa shape index (κ3) is 4.18. The van der Waals surface area contributed by atoms with Gasteiger partial charge in [-0.15, -0.1) is 0 Å². The predicted molar refractivity (Wildman–Crippen MR) is 102 cm³/mol. The van der Waals surface area contributed by atoms with Crippen LogP contribution in [0.15, 0.2) is 52.9 Å². The third-order valence-electron chi connectivity index (χ3n) is 3.83. The SMILES string of the molecule is C[C@H](NC(=O)CNC(=O)c1ccc(Cl)cc1Cl)c1cc2ccccc2o1. The minimum Gasteiger partial charge on any atom is -0.459 e. The van der Waals surface area contributed by atoms with Gasteiger partial charge in [-0.05, 0) is 37.3 Å². The molecular weight excluding hydrogens is 375 g/mol. The molecule has 1 aromatic heterocycles. The molecule has 0 saturated heterocycles. The molecule has 0 saturated carbocycles. The molecule has 0 aliphatic rings. The molecule has 0 spiro atoms. The molecule has 26 heavy (non-hydrogen) atoms. The third-order valence-corrected chi connectivity index (χ3v) is 4.38. The second kappa shape index (κ2) is 7.81. The van der Waals surface area contributed by atoms with Crippen molar-refractivity contribution in [3.8, 4) is 0 Å². The second-order valence-electron chi connectivity index (χ2n) is 5.78. The van der Waals surface area contributed by atoms with Crippen LogP contribution in [-0.2, 0) is 4.79 Å². The molecule has 3 aromatic rings. The lowest BCUT2D eigenvalue weighted by Gasteiger charge is -2.12. The summed E-state index contributed by atoms with van der Waals surface area (Å²) in [6.07, 6.45) is 0. The van der Waals surface area contributed by atoms with Gasteiger partial charge in [-0.2, -0.15) is 0 Å². The number of furan rings is 1. The predicted octanol–water partition coefficient (Wildman–Crippen LogP) is 4.35. The highest BCUT2D eigenvalue weighted by Crippen LogP contribution is 2.23. The monoisotopic (exact) mass is 390 g/mol. The van der Waals surface area contributed by atoms with Gasteiger partial charge in [0.15, 0.2) is 0 Å². The minimum atomic E-state index is -0.446. The van der Waals surface area contributed by atoms with E-state index in [0.717, 1.165) is 11.0 Å². The van der Waals surface area contributed by atoms with E-state index in [1.165, 1.54) is 12.1 Å². The molecule has 2 aromatic carbocycles. The van der Waals surface area contributed by atoms with Gasteiger partial charge in [0.1, 0.15) is 11.3 Å². The van der Waals surface area contributed by atoms with Crippen LogP contribution in [0.2, 0.25) is 10.0 Å². The first kappa shape index (κ1) is 18.3. The summed E-state index contributed by atoms with van der Waals surface area (Å²) >= 11 is 11.8. The summed E-state index contributed by atoms with van der Waals surface area (Å²) in [5, 5.41) is 6.95. The maximum absolute atomic E-state index is 12.1. The summed E-state index contributed by atoms with van der Waals surface area (Å²) in [4.78, 5) is 24.2. The second-order valence-corrected chi connectivity index (χ2v) is 6.63. The van der Waals surface area contributed by atoms with E-state index in [4.69, 9.17) is 27.6 Å². The number of hydrogen-bond donors (Lipinski definition) is 2. The van der Waals surface area contributed by atoms with Crippen LogP contribution in [0, 0.1) is 0 Å². The van der Waals surface area contributed by atoms with Gasteiger partial charge in [0.25, 0.3) is 5.91 Å². The quantitative estimate of drug-likeness (QED) is 0.680. The zero-order valence-corrected chi connectivity index (χ0v) is 15.4. The maximum Gasteiger partial charge on any atom is 0.253 e. The highest BCUT2D eigenvalue weighted by atomic mass is 35.5. The molecule has 3 rings (SSSR count). The highest BCUT2D eigenvalue weighted by molar-refractivity contribution is 6.36. The van der Waals surface area contributed by atoms with Crippen molar-refractivity contribution >= 4 is 46.0 Å². The van der Waals surface area contributed by atoms with Crippen LogP contribution in [0.1, 0.15) is 29.1 Å². The Morgan fingerprint density at radius 3 is 2.62 bits per heavy atom. The molecule has 5 nitrogen and oxygen atoms in total. The van der Waals surface area contributed by atoms with Crippen LogP contribution in [-0.4, -0.2) is 18.4 Å². The van der Waals surface area contributed by atoms with Crippen LogP contribution < -0.4 is 10.6 Å². The zero-order chi connectivity index (χ0) is 18.7. The molecule has 1 atom stereocenters. The van der Waals surface area contributed by atoms with E-state index in [2.05, 4.69) is 10.6 Å². The van der Waals surface area contributed by atoms with Gasteiger partial charge in [-0.25, -0.2) is 0 Å². The van der Waals surface area contributed by atoms with Crippen molar-refractivity contribution in [3.63, 3.8) is 0 Å². The van der Waals surface area contributed by atoms with Crippen LogP contribution in [0.5, 0.6) is 0 Å². The number of rotatable bonds is 5. The van der Waals surface area contributed by atoms with Crippen molar-refractivity contribution in [1.82, 2.24) is 10.6 Å². The molecule has 0 aliphatic carbocycles. The van der Waals surface area contributed by atoms with Crippen molar-refractivity contribution in [1.29, 1.82) is 0 Å². The fraction of sp³-hybridized carbons (Fsp3) is 0.158. The lowest BCUT2D eigenvalue weighted by Crippen LogP contribution is -2.38. The normalized spacial score (nSPS) is 12.0. The standard InChI is InChI=1S/C19H16Cl2N2O3/c1-11(17-8-12-4-2-3-5-16(12)26-17)23-18(24)10-22-19(25)14-7-6-13(20)9-15(14)21/h2-9,11H,10H2,1H3,(H,22,25)(H,23,24)/t11-/m0/s1. The number of fused-ring (bicyclic) bond motifs is 1. The number of halogens is 2. The zero-order valence-electron chi connectivity index (χ0n) is 13.9. The van der Waals surface area contributed by atoms with Gasteiger partial charge in [0.05, 0.1) is 23.2 Å². The van der Waals surface area contributed by atoms with E-state index < -0.39 is 5.91 Å². The van der Waals surface area contributed by atoms with Gasteiger partial charge in [-0.1, -0.05) is 41.4 Å². The number of hydrogen-bond acceptors (Lipinski definition) is 3. The summed E-state index contributed by atoms with van der Waals surface area (Å²) in [5.41, 5.74) is 1.02. The molecular formula is C19H16Cl2N2O3. The van der Waals surface area contributed by atoms with Crippen LogP contribution in [0.3, 0.4) is 0 Å². The average Bonchev–Trinajstić information content (AvgIpc) is 3.04. The summed E-state index contributed by atoms with van der Waals surface area (Å²) in [7, 11) is 0. The van der Waals surface area contributed by atoms with Gasteiger partial charge in [0.2, 0.25) is 5.91 Å². The molecule has 0 unspecified atom stereocenters. The first-order valence-electron chi connectivity index (χ1n) is 7.95. The molecule has 0 radical (unpaired) electrons. The first-order chi connectivity index (χ1) is 12.4.